The Morgan fingerprint density at radius 2 is 1.82 bits per heavy atom. The number of hydrogen-bond donors (Lipinski definition) is 1. The standard InChI is InChI=1S/C28H24ClF4N5S.C8H11F2N/c1-2-18-36-24-21-14(8-10-17(26(32)33)38(28(21)37-18)12-5-3-4-6-12)22(29)20(23(24)31)13-7-9-16(30)25-19(13)15(11-34)27(35)39-25;9-8(10)6-4-7-2-1-3-11(7)5-6/h7,9,12,17,26H,2-6,8,10,35H2,1H3;7H,1-5H2. The van der Waals surface area contributed by atoms with Crippen LogP contribution in [0.4, 0.5) is 37.2 Å². The molecule has 1 aliphatic carbocycles. The van der Waals surface area contributed by atoms with Crippen LogP contribution in [-0.2, 0) is 12.8 Å². The summed E-state index contributed by atoms with van der Waals surface area (Å²) in [5.41, 5.74) is 7.04. The molecule has 264 valence electrons. The summed E-state index contributed by atoms with van der Waals surface area (Å²) in [4.78, 5) is 13.1. The number of rotatable bonds is 4. The quantitative estimate of drug-likeness (QED) is 0.211. The smallest absolute Gasteiger partial charge is 0.270 e. The van der Waals surface area contributed by atoms with Gasteiger partial charge in [0.05, 0.1) is 26.7 Å². The van der Waals surface area contributed by atoms with E-state index in [9.17, 15) is 27.2 Å². The lowest BCUT2D eigenvalue weighted by Gasteiger charge is -2.36. The van der Waals surface area contributed by atoms with Crippen LogP contribution in [0, 0.1) is 23.0 Å². The fourth-order valence-corrected chi connectivity index (χ4v) is 9.58. The fourth-order valence-electron chi connectivity index (χ4n) is 8.26. The Morgan fingerprint density at radius 3 is 2.48 bits per heavy atom. The van der Waals surface area contributed by atoms with E-state index in [2.05, 4.69) is 9.88 Å². The van der Waals surface area contributed by atoms with E-state index in [1.165, 1.54) is 18.6 Å². The topological polar surface area (TPSA) is 82.1 Å². The minimum Gasteiger partial charge on any atom is -0.389 e. The van der Waals surface area contributed by atoms with Crippen molar-refractivity contribution in [2.24, 2.45) is 0 Å². The molecular weight excluding hydrogens is 698 g/mol. The van der Waals surface area contributed by atoms with Gasteiger partial charge in [-0.15, -0.1) is 11.3 Å². The SMILES string of the molecule is CCc1nc2c3c(c(Cl)c(-c4ccc(F)c5sc(N)c(C#N)c45)c(F)c3n1)CCC(C(F)F)N2C1CCCC1.FC(F)=C1CC2CCCN2C1. The molecule has 0 spiro atoms. The fraction of sp³-hybridized carbons (Fsp3) is 0.472. The molecule has 5 heterocycles. The average Bonchev–Trinajstić information content (AvgIpc) is 3.89. The minimum atomic E-state index is -2.64. The van der Waals surface area contributed by atoms with Gasteiger partial charge in [0.1, 0.15) is 34.0 Å². The molecule has 3 fully saturated rings. The van der Waals surface area contributed by atoms with Gasteiger partial charge in [-0.25, -0.2) is 27.5 Å². The van der Waals surface area contributed by atoms with Crippen molar-refractivity contribution in [3.63, 3.8) is 0 Å². The molecule has 6 nitrogen and oxygen atoms in total. The first-order chi connectivity index (χ1) is 24.0. The molecule has 2 saturated heterocycles. The summed E-state index contributed by atoms with van der Waals surface area (Å²) in [5, 5.41) is 10.4. The monoisotopic (exact) mass is 732 g/mol. The van der Waals surface area contributed by atoms with Gasteiger partial charge in [-0.3, -0.25) is 4.90 Å². The zero-order valence-corrected chi connectivity index (χ0v) is 28.9. The summed E-state index contributed by atoms with van der Waals surface area (Å²) < 4.78 is 84.8. The van der Waals surface area contributed by atoms with Crippen LogP contribution in [0.15, 0.2) is 23.8 Å². The van der Waals surface area contributed by atoms with Gasteiger partial charge in [-0.2, -0.15) is 14.0 Å². The molecule has 2 unspecified atom stereocenters. The summed E-state index contributed by atoms with van der Waals surface area (Å²) >= 11 is 7.85. The van der Waals surface area contributed by atoms with Gasteiger partial charge in [0.25, 0.3) is 12.5 Å². The lowest BCUT2D eigenvalue weighted by Crippen LogP contribution is -2.46. The summed E-state index contributed by atoms with van der Waals surface area (Å²) in [6.45, 7) is 3.36. The molecule has 3 aliphatic heterocycles. The number of nitrogens with two attached hydrogens (primary N) is 1. The molecule has 8 rings (SSSR count). The Bertz CT molecular complexity index is 2040. The summed E-state index contributed by atoms with van der Waals surface area (Å²) in [6, 6.07) is 3.76. The predicted molar refractivity (Wildman–Crippen MR) is 185 cm³/mol. The van der Waals surface area contributed by atoms with E-state index in [-0.39, 0.29) is 61.2 Å². The van der Waals surface area contributed by atoms with Gasteiger partial charge in [0.15, 0.2) is 5.82 Å². The normalized spacial score (nSPS) is 20.8. The lowest BCUT2D eigenvalue weighted by molar-refractivity contribution is 0.104. The van der Waals surface area contributed by atoms with Crippen molar-refractivity contribution >= 4 is 54.7 Å². The molecule has 4 aromatic rings. The van der Waals surface area contributed by atoms with Crippen LogP contribution in [0.3, 0.4) is 0 Å². The number of nitrogen functional groups attached to an aromatic ring is 1. The maximum absolute atomic E-state index is 16.7. The predicted octanol–water partition coefficient (Wildman–Crippen LogP) is 9.79. The van der Waals surface area contributed by atoms with E-state index in [4.69, 9.17) is 22.3 Å². The third kappa shape index (κ3) is 5.87. The molecular formula is C36H35ClF6N6S. The summed E-state index contributed by atoms with van der Waals surface area (Å²) in [7, 11) is 0. The van der Waals surface area contributed by atoms with Gasteiger partial charge in [-0.05, 0) is 68.7 Å². The second-order valence-electron chi connectivity index (χ2n) is 13.4. The van der Waals surface area contributed by atoms with E-state index in [1.807, 2.05) is 13.0 Å². The first kappa shape index (κ1) is 34.8. The average molecular weight is 733 g/mol. The highest BCUT2D eigenvalue weighted by atomic mass is 35.5. The maximum atomic E-state index is 16.7. The second kappa shape index (κ2) is 13.8. The molecule has 2 atom stereocenters. The zero-order chi connectivity index (χ0) is 35.4. The molecule has 14 heteroatoms. The van der Waals surface area contributed by atoms with Gasteiger partial charge in [-0.1, -0.05) is 37.4 Å². The van der Waals surface area contributed by atoms with Crippen molar-refractivity contribution in [1.82, 2.24) is 14.9 Å². The molecule has 2 N–H and O–H groups in total. The Hall–Kier alpha value is -3.60. The Kier molecular flexibility index (Phi) is 9.65. The first-order valence-corrected chi connectivity index (χ1v) is 18.2. The number of anilines is 2. The zero-order valence-electron chi connectivity index (χ0n) is 27.3. The number of alkyl halides is 2. The summed E-state index contributed by atoms with van der Waals surface area (Å²) in [6.07, 6.45) is 2.81. The molecule has 2 aromatic carbocycles. The van der Waals surface area contributed by atoms with Gasteiger partial charge < -0.3 is 10.6 Å². The van der Waals surface area contributed by atoms with Crippen molar-refractivity contribution in [2.45, 2.75) is 95.7 Å². The van der Waals surface area contributed by atoms with E-state index < -0.39 is 30.2 Å². The van der Waals surface area contributed by atoms with Crippen molar-refractivity contribution in [2.75, 3.05) is 23.7 Å². The van der Waals surface area contributed by atoms with Crippen LogP contribution >= 0.6 is 22.9 Å². The number of nitriles is 1. The van der Waals surface area contributed by atoms with E-state index in [0.717, 1.165) is 50.0 Å². The van der Waals surface area contributed by atoms with Crippen molar-refractivity contribution in [1.29, 1.82) is 5.26 Å². The minimum absolute atomic E-state index is 0.0108. The number of fused-ring (bicyclic) bond motifs is 2. The third-order valence-electron chi connectivity index (χ3n) is 10.6. The van der Waals surface area contributed by atoms with Crippen LogP contribution in [0.1, 0.15) is 75.2 Å². The highest BCUT2D eigenvalue weighted by molar-refractivity contribution is 7.23. The van der Waals surface area contributed by atoms with Gasteiger partial charge >= 0.3 is 0 Å². The highest BCUT2D eigenvalue weighted by Gasteiger charge is 2.40. The van der Waals surface area contributed by atoms with Crippen LogP contribution in [-0.4, -0.2) is 52.5 Å². The molecule has 1 saturated carbocycles. The number of hydrogen-bond acceptors (Lipinski definition) is 7. The molecule has 2 aromatic heterocycles. The number of nitrogens with zero attached hydrogens (tertiary/aromatic N) is 5. The maximum Gasteiger partial charge on any atom is 0.270 e. The van der Waals surface area contributed by atoms with Gasteiger partial charge in [0, 0.05) is 41.6 Å². The van der Waals surface area contributed by atoms with Crippen molar-refractivity contribution < 1.29 is 26.3 Å². The van der Waals surface area contributed by atoms with E-state index >= 15 is 4.39 Å². The Morgan fingerprint density at radius 1 is 1.08 bits per heavy atom. The molecule has 0 bridgehead atoms. The Balaban J connectivity index is 0.000000302. The number of benzene rings is 2. The van der Waals surface area contributed by atoms with Crippen LogP contribution in [0.5, 0.6) is 0 Å². The first-order valence-electron chi connectivity index (χ1n) is 17.0. The molecule has 50 heavy (non-hydrogen) atoms. The lowest BCUT2D eigenvalue weighted by atomic mass is 9.93. The summed E-state index contributed by atoms with van der Waals surface area (Å²) in [5.74, 6) is -0.723. The number of halogens is 7. The Labute approximate surface area is 294 Å². The number of thiophene rings is 1. The molecule has 0 amide bonds. The molecule has 4 aliphatic rings. The third-order valence-corrected chi connectivity index (χ3v) is 12.1. The van der Waals surface area contributed by atoms with Crippen LogP contribution in [0.2, 0.25) is 5.02 Å². The second-order valence-corrected chi connectivity index (χ2v) is 14.8. The van der Waals surface area contributed by atoms with Crippen LogP contribution in [0.25, 0.3) is 32.1 Å². The van der Waals surface area contributed by atoms with Crippen molar-refractivity contribution in [3.05, 3.63) is 57.4 Å². The largest absolute Gasteiger partial charge is 0.389 e. The van der Waals surface area contributed by atoms with E-state index in [1.54, 1.807) is 4.90 Å². The van der Waals surface area contributed by atoms with Crippen molar-refractivity contribution in [3.8, 4) is 17.2 Å². The van der Waals surface area contributed by atoms with E-state index in [0.29, 0.717) is 53.6 Å². The van der Waals surface area contributed by atoms with Gasteiger partial charge in [0.2, 0.25) is 0 Å². The molecule has 0 radical (unpaired) electrons. The number of aryl methyl sites for hydroxylation is 2. The van der Waals surface area contributed by atoms with Crippen LogP contribution < -0.4 is 10.6 Å². The highest BCUT2D eigenvalue weighted by Crippen LogP contribution is 2.49. The number of aromatic nitrogens is 2.